The molecule has 1 heterocycles. The Balaban J connectivity index is 1.57. The molecule has 5 nitrogen and oxygen atoms in total. The van der Waals surface area contributed by atoms with Crippen LogP contribution in [0.3, 0.4) is 0 Å². The summed E-state index contributed by atoms with van der Waals surface area (Å²) in [5.74, 6) is 0.449. The van der Waals surface area contributed by atoms with E-state index < -0.39 is 0 Å². The number of anilines is 1. The Hall–Kier alpha value is -1.16. The lowest BCUT2D eigenvalue weighted by Gasteiger charge is -2.05. The third-order valence-corrected chi connectivity index (χ3v) is 6.25. The minimum atomic E-state index is -0.150. The lowest BCUT2D eigenvalue weighted by molar-refractivity contribution is -0.113. The maximum atomic E-state index is 12.0. The van der Waals surface area contributed by atoms with Crippen molar-refractivity contribution in [3.8, 4) is 11.5 Å². The lowest BCUT2D eigenvalue weighted by Crippen LogP contribution is -2.13. The van der Waals surface area contributed by atoms with Gasteiger partial charge in [0.05, 0.1) is 5.75 Å². The van der Waals surface area contributed by atoms with E-state index >= 15 is 0 Å². The molecule has 1 aromatic heterocycles. The van der Waals surface area contributed by atoms with E-state index in [9.17, 15) is 4.79 Å². The highest BCUT2D eigenvalue weighted by molar-refractivity contribution is 9.13. The molecule has 25 heavy (non-hydrogen) atoms. The minimum Gasteiger partial charge on any atom is -0.411 e. The fraction of sp³-hybridized carbons (Fsp3) is 0.0625. The molecule has 0 aliphatic heterocycles. The summed E-state index contributed by atoms with van der Waals surface area (Å²) in [5.41, 5.74) is 1.54. The van der Waals surface area contributed by atoms with Gasteiger partial charge in [-0.3, -0.25) is 4.79 Å². The first-order valence-electron chi connectivity index (χ1n) is 6.98. The molecule has 9 heteroatoms. The highest BCUT2D eigenvalue weighted by Crippen LogP contribution is 2.27. The molecule has 0 saturated carbocycles. The lowest BCUT2D eigenvalue weighted by atomic mass is 10.2. The predicted octanol–water partition coefficient (Wildman–Crippen LogP) is 5.75. The largest absolute Gasteiger partial charge is 0.411 e. The molecule has 3 aromatic rings. The Bertz CT molecular complexity index is 900. The molecule has 3 rings (SSSR count). The highest BCUT2D eigenvalue weighted by atomic mass is 79.9. The minimum absolute atomic E-state index is 0.150. The summed E-state index contributed by atoms with van der Waals surface area (Å²) in [6, 6.07) is 13.1. The van der Waals surface area contributed by atoms with E-state index in [0.29, 0.717) is 16.8 Å². The van der Waals surface area contributed by atoms with Gasteiger partial charge in [-0.2, -0.15) is 0 Å². The van der Waals surface area contributed by atoms with Gasteiger partial charge in [-0.15, -0.1) is 10.2 Å². The number of rotatable bonds is 5. The number of carbonyl (C=O) groups excluding carboxylic acids is 1. The number of halogens is 3. The van der Waals surface area contributed by atoms with Crippen LogP contribution in [0, 0.1) is 0 Å². The topological polar surface area (TPSA) is 68.0 Å². The van der Waals surface area contributed by atoms with Crippen molar-refractivity contribution in [2.24, 2.45) is 0 Å². The zero-order valence-electron chi connectivity index (χ0n) is 12.5. The molecule has 2 aromatic carbocycles. The Morgan fingerprint density at radius 3 is 2.52 bits per heavy atom. The molecule has 0 aliphatic rings. The number of benzene rings is 2. The van der Waals surface area contributed by atoms with Crippen LogP contribution in [0.15, 0.2) is 65.5 Å². The van der Waals surface area contributed by atoms with E-state index in [1.807, 2.05) is 42.5 Å². The zero-order valence-corrected chi connectivity index (χ0v) is 18.1. The fourth-order valence-corrected chi connectivity index (χ4v) is 3.33. The maximum absolute atomic E-state index is 12.0. The molecule has 0 radical (unpaired) electrons. The van der Waals surface area contributed by atoms with E-state index in [0.717, 1.165) is 19.0 Å². The molecule has 0 saturated heterocycles. The van der Waals surface area contributed by atoms with E-state index in [2.05, 4.69) is 63.3 Å². The number of nitrogens with one attached hydrogen (secondary N) is 1. The molecular weight excluding hydrogens is 538 g/mol. The molecule has 0 unspecified atom stereocenters. The molecule has 1 amide bonds. The number of amides is 1. The number of aromatic nitrogens is 2. The van der Waals surface area contributed by atoms with E-state index in [4.69, 9.17) is 4.42 Å². The van der Waals surface area contributed by atoms with Gasteiger partial charge in [0.25, 0.3) is 5.22 Å². The molecule has 128 valence electrons. The number of hydrogen-bond donors (Lipinski definition) is 1. The first kappa shape index (κ1) is 18.6. The van der Waals surface area contributed by atoms with Crippen molar-refractivity contribution < 1.29 is 9.21 Å². The van der Waals surface area contributed by atoms with Crippen LogP contribution in [-0.4, -0.2) is 21.9 Å². The third-order valence-electron chi connectivity index (χ3n) is 3.03. The quantitative estimate of drug-likeness (QED) is 0.412. The summed E-state index contributed by atoms with van der Waals surface area (Å²) >= 11 is 11.4. The van der Waals surface area contributed by atoms with Crippen molar-refractivity contribution in [2.75, 3.05) is 11.1 Å². The summed E-state index contributed by atoms with van der Waals surface area (Å²) < 4.78 is 8.34. The Labute approximate surface area is 173 Å². The van der Waals surface area contributed by atoms with Crippen molar-refractivity contribution in [3.63, 3.8) is 0 Å². The van der Waals surface area contributed by atoms with Crippen LogP contribution in [0.5, 0.6) is 0 Å². The van der Waals surface area contributed by atoms with Gasteiger partial charge in [0, 0.05) is 24.7 Å². The predicted molar refractivity (Wildman–Crippen MR) is 109 cm³/mol. The Morgan fingerprint density at radius 2 is 1.80 bits per heavy atom. The van der Waals surface area contributed by atoms with Crippen LogP contribution in [-0.2, 0) is 4.79 Å². The molecule has 0 spiro atoms. The average Bonchev–Trinajstić information content (AvgIpc) is 3.06. The summed E-state index contributed by atoms with van der Waals surface area (Å²) in [5, 5.41) is 11.1. The van der Waals surface area contributed by atoms with Crippen molar-refractivity contribution in [1.29, 1.82) is 0 Å². The number of nitrogens with zero attached hydrogens (tertiary/aromatic N) is 2. The van der Waals surface area contributed by atoms with Gasteiger partial charge >= 0.3 is 0 Å². The molecule has 0 aliphatic carbocycles. The second-order valence-corrected chi connectivity index (χ2v) is 8.40. The first-order valence-corrected chi connectivity index (χ1v) is 10.3. The standard InChI is InChI=1S/C16H10Br3N3O2S/c17-10-3-1-9(2-4-10)15-21-22-16(24-15)25-8-14(23)20-11-5-6-12(18)13(19)7-11/h1-7H,8H2,(H,20,23). The van der Waals surface area contributed by atoms with Gasteiger partial charge in [0.1, 0.15) is 0 Å². The second-order valence-electron chi connectivity index (χ2n) is 4.85. The van der Waals surface area contributed by atoms with Gasteiger partial charge in [-0.25, -0.2) is 0 Å². The Kier molecular flexibility index (Phi) is 6.32. The van der Waals surface area contributed by atoms with Crippen molar-refractivity contribution >= 4 is 71.1 Å². The van der Waals surface area contributed by atoms with Crippen LogP contribution in [0.25, 0.3) is 11.5 Å². The van der Waals surface area contributed by atoms with Crippen LogP contribution in [0.4, 0.5) is 5.69 Å². The molecule has 0 atom stereocenters. The normalized spacial score (nSPS) is 10.7. The average molecular weight is 548 g/mol. The summed E-state index contributed by atoms with van der Waals surface area (Å²) in [6.07, 6.45) is 0. The van der Waals surface area contributed by atoms with Crippen LogP contribution < -0.4 is 5.32 Å². The van der Waals surface area contributed by atoms with Gasteiger partial charge in [0.2, 0.25) is 11.8 Å². The molecule has 1 N–H and O–H groups in total. The smallest absolute Gasteiger partial charge is 0.277 e. The van der Waals surface area contributed by atoms with Crippen molar-refractivity contribution in [2.45, 2.75) is 5.22 Å². The Morgan fingerprint density at radius 1 is 1.04 bits per heavy atom. The van der Waals surface area contributed by atoms with Gasteiger partial charge < -0.3 is 9.73 Å². The summed E-state index contributed by atoms with van der Waals surface area (Å²) in [7, 11) is 0. The van der Waals surface area contributed by atoms with Gasteiger partial charge in [0.15, 0.2) is 0 Å². The zero-order chi connectivity index (χ0) is 17.8. The van der Waals surface area contributed by atoms with Crippen molar-refractivity contribution in [1.82, 2.24) is 10.2 Å². The fourth-order valence-electron chi connectivity index (χ4n) is 1.88. The van der Waals surface area contributed by atoms with Crippen LogP contribution >= 0.6 is 59.6 Å². The molecule has 0 bridgehead atoms. The monoisotopic (exact) mass is 545 g/mol. The highest BCUT2D eigenvalue weighted by Gasteiger charge is 2.11. The first-order chi connectivity index (χ1) is 12.0. The second kappa shape index (κ2) is 8.48. The van der Waals surface area contributed by atoms with Crippen LogP contribution in [0.1, 0.15) is 0 Å². The molecular formula is C16H10Br3N3O2S. The third kappa shape index (κ3) is 5.16. The van der Waals surface area contributed by atoms with Crippen molar-refractivity contribution in [3.05, 3.63) is 55.9 Å². The number of hydrogen-bond acceptors (Lipinski definition) is 5. The van der Waals surface area contributed by atoms with Crippen LogP contribution in [0.2, 0.25) is 0 Å². The van der Waals surface area contributed by atoms with E-state index in [1.54, 1.807) is 0 Å². The van der Waals surface area contributed by atoms with Gasteiger partial charge in [-0.05, 0) is 74.3 Å². The van der Waals surface area contributed by atoms with E-state index in [1.165, 1.54) is 11.8 Å². The summed E-state index contributed by atoms with van der Waals surface area (Å²) in [6.45, 7) is 0. The molecule has 0 fully saturated rings. The number of carbonyl (C=O) groups is 1. The SMILES string of the molecule is O=C(CSc1nnc(-c2ccc(Br)cc2)o1)Nc1ccc(Br)c(Br)c1. The van der Waals surface area contributed by atoms with E-state index in [-0.39, 0.29) is 11.7 Å². The maximum Gasteiger partial charge on any atom is 0.277 e. The van der Waals surface area contributed by atoms with Gasteiger partial charge in [-0.1, -0.05) is 27.7 Å². The summed E-state index contributed by atoms with van der Waals surface area (Å²) in [4.78, 5) is 12.0. The number of thioether (sulfide) groups is 1.